The van der Waals surface area contributed by atoms with Gasteiger partial charge in [0.1, 0.15) is 5.82 Å². The molecule has 2 rings (SSSR count). The summed E-state index contributed by atoms with van der Waals surface area (Å²) in [7, 11) is -3.11. The summed E-state index contributed by atoms with van der Waals surface area (Å²) in [4.78, 5) is 4.03. The highest BCUT2D eigenvalue weighted by Gasteiger charge is 2.26. The Hall–Kier alpha value is -0.850. The molecule has 19 heavy (non-hydrogen) atoms. The van der Waals surface area contributed by atoms with E-state index in [9.17, 15) is 8.42 Å². The first-order valence-electron chi connectivity index (χ1n) is 6.21. The molecule has 0 aromatic carbocycles. The van der Waals surface area contributed by atoms with E-state index in [0.717, 1.165) is 18.4 Å². The minimum Gasteiger partial charge on any atom is -0.383 e. The first kappa shape index (κ1) is 14.6. The molecule has 1 saturated heterocycles. The average Bonchev–Trinajstić information content (AvgIpc) is 2.33. The van der Waals surface area contributed by atoms with Gasteiger partial charge in [-0.2, -0.15) is 0 Å². The van der Waals surface area contributed by atoms with Crippen LogP contribution in [-0.2, 0) is 16.4 Å². The predicted molar refractivity (Wildman–Crippen MR) is 76.5 cm³/mol. The topological polar surface area (TPSA) is 76.3 Å². The second-order valence-electron chi connectivity index (χ2n) is 5.03. The van der Waals surface area contributed by atoms with E-state index >= 15 is 0 Å². The minimum absolute atomic E-state index is 0.269. The van der Waals surface area contributed by atoms with Gasteiger partial charge in [-0.3, -0.25) is 0 Å². The Morgan fingerprint density at radius 2 is 2.32 bits per heavy atom. The summed E-state index contributed by atoms with van der Waals surface area (Å²) in [5.41, 5.74) is 6.72. The highest BCUT2D eigenvalue weighted by atomic mass is 35.5. The molecule has 0 saturated carbocycles. The molecule has 7 heteroatoms. The SMILES string of the molecule is CS(=O)(=O)N1CCCC(Cc2cc(Cl)cnc2N)C1. The zero-order valence-corrected chi connectivity index (χ0v) is 12.4. The number of hydrogen-bond donors (Lipinski definition) is 1. The third kappa shape index (κ3) is 3.81. The summed E-state index contributed by atoms with van der Waals surface area (Å²) in [6, 6.07) is 1.81. The van der Waals surface area contributed by atoms with Crippen molar-refractivity contribution in [2.45, 2.75) is 19.3 Å². The van der Waals surface area contributed by atoms with Crippen LogP contribution in [0.25, 0.3) is 0 Å². The molecule has 1 unspecified atom stereocenters. The molecule has 0 radical (unpaired) electrons. The van der Waals surface area contributed by atoms with E-state index < -0.39 is 10.0 Å². The number of sulfonamides is 1. The van der Waals surface area contributed by atoms with Crippen LogP contribution in [0.3, 0.4) is 0 Å². The molecule has 1 atom stereocenters. The molecule has 106 valence electrons. The van der Waals surface area contributed by atoms with Gasteiger partial charge in [0.25, 0.3) is 0 Å². The summed E-state index contributed by atoms with van der Waals surface area (Å²) in [5.74, 6) is 0.743. The van der Waals surface area contributed by atoms with Gasteiger partial charge in [0.15, 0.2) is 0 Å². The number of nitrogen functional groups attached to an aromatic ring is 1. The Bertz CT molecular complexity index is 562. The first-order chi connectivity index (χ1) is 8.86. The molecule has 2 heterocycles. The number of piperidine rings is 1. The fourth-order valence-corrected chi connectivity index (χ4v) is 3.58. The molecular weight excluding hydrogens is 286 g/mol. The van der Waals surface area contributed by atoms with Crippen molar-refractivity contribution in [2.24, 2.45) is 5.92 Å². The highest BCUT2D eigenvalue weighted by molar-refractivity contribution is 7.88. The summed E-state index contributed by atoms with van der Waals surface area (Å²) in [5, 5.41) is 0.556. The van der Waals surface area contributed by atoms with Crippen LogP contribution in [0.2, 0.25) is 5.02 Å². The van der Waals surface area contributed by atoms with E-state index in [4.69, 9.17) is 17.3 Å². The second kappa shape index (κ2) is 5.64. The number of aromatic nitrogens is 1. The van der Waals surface area contributed by atoms with Gasteiger partial charge in [-0.05, 0) is 36.8 Å². The van der Waals surface area contributed by atoms with E-state index in [1.165, 1.54) is 16.8 Å². The van der Waals surface area contributed by atoms with Crippen molar-refractivity contribution in [3.05, 3.63) is 22.8 Å². The first-order valence-corrected chi connectivity index (χ1v) is 8.44. The van der Waals surface area contributed by atoms with Gasteiger partial charge >= 0.3 is 0 Å². The van der Waals surface area contributed by atoms with Crippen LogP contribution in [-0.4, -0.2) is 37.1 Å². The van der Waals surface area contributed by atoms with Crippen LogP contribution < -0.4 is 5.73 Å². The number of anilines is 1. The number of nitrogens with two attached hydrogens (primary N) is 1. The Kier molecular flexibility index (Phi) is 4.32. The van der Waals surface area contributed by atoms with Crippen molar-refractivity contribution >= 4 is 27.4 Å². The number of halogens is 1. The third-order valence-electron chi connectivity index (χ3n) is 3.43. The maximum Gasteiger partial charge on any atom is 0.211 e. The minimum atomic E-state index is -3.11. The van der Waals surface area contributed by atoms with E-state index in [2.05, 4.69) is 4.98 Å². The van der Waals surface area contributed by atoms with Gasteiger partial charge in [0.05, 0.1) is 11.3 Å². The number of pyridine rings is 1. The van der Waals surface area contributed by atoms with Gasteiger partial charge in [-0.15, -0.1) is 0 Å². The fraction of sp³-hybridized carbons (Fsp3) is 0.583. The normalized spacial score (nSPS) is 21.5. The summed E-state index contributed by atoms with van der Waals surface area (Å²) in [6.07, 6.45) is 5.36. The molecule has 0 aliphatic carbocycles. The summed E-state index contributed by atoms with van der Waals surface area (Å²) < 4.78 is 24.7. The summed E-state index contributed by atoms with van der Waals surface area (Å²) >= 11 is 5.91. The molecule has 0 amide bonds. The van der Waals surface area contributed by atoms with E-state index in [1.807, 2.05) is 6.07 Å². The van der Waals surface area contributed by atoms with Crippen LogP contribution in [0, 0.1) is 5.92 Å². The smallest absolute Gasteiger partial charge is 0.211 e. The molecule has 1 aromatic heterocycles. The molecule has 5 nitrogen and oxygen atoms in total. The maximum atomic E-state index is 11.6. The molecule has 1 aliphatic rings. The van der Waals surface area contributed by atoms with Gasteiger partial charge < -0.3 is 5.73 Å². The lowest BCUT2D eigenvalue weighted by Gasteiger charge is -2.31. The van der Waals surface area contributed by atoms with Crippen LogP contribution in [0.1, 0.15) is 18.4 Å². The van der Waals surface area contributed by atoms with E-state index in [0.29, 0.717) is 30.4 Å². The Balaban J connectivity index is 2.09. The van der Waals surface area contributed by atoms with Crippen molar-refractivity contribution in [1.29, 1.82) is 0 Å². The van der Waals surface area contributed by atoms with Crippen molar-refractivity contribution in [3.8, 4) is 0 Å². The van der Waals surface area contributed by atoms with Crippen LogP contribution in [0.5, 0.6) is 0 Å². The largest absolute Gasteiger partial charge is 0.383 e. The standard InChI is InChI=1S/C12H18ClN3O2S/c1-19(17,18)16-4-2-3-9(8-16)5-10-6-11(13)7-15-12(10)14/h6-7,9H,2-5,8H2,1H3,(H2,14,15). The molecule has 1 aliphatic heterocycles. The Labute approximate surface area is 118 Å². The fourth-order valence-electron chi connectivity index (χ4n) is 2.46. The van der Waals surface area contributed by atoms with Crippen molar-refractivity contribution in [3.63, 3.8) is 0 Å². The molecule has 1 aromatic rings. The molecule has 0 bridgehead atoms. The van der Waals surface area contributed by atoms with Crippen molar-refractivity contribution in [1.82, 2.24) is 9.29 Å². The van der Waals surface area contributed by atoms with Crippen molar-refractivity contribution < 1.29 is 8.42 Å². The third-order valence-corrected chi connectivity index (χ3v) is 4.90. The molecular formula is C12H18ClN3O2S. The summed E-state index contributed by atoms with van der Waals surface area (Å²) in [6.45, 7) is 1.16. The quantitative estimate of drug-likeness (QED) is 0.919. The molecule has 1 fully saturated rings. The lowest BCUT2D eigenvalue weighted by molar-refractivity contribution is 0.267. The van der Waals surface area contributed by atoms with Gasteiger partial charge in [0.2, 0.25) is 10.0 Å². The van der Waals surface area contributed by atoms with Gasteiger partial charge in [-0.25, -0.2) is 17.7 Å². The Morgan fingerprint density at radius 1 is 1.58 bits per heavy atom. The molecule has 2 N–H and O–H groups in total. The van der Waals surface area contributed by atoms with Crippen LogP contribution in [0.15, 0.2) is 12.3 Å². The molecule has 0 spiro atoms. The van der Waals surface area contributed by atoms with Crippen LogP contribution >= 0.6 is 11.6 Å². The highest BCUT2D eigenvalue weighted by Crippen LogP contribution is 2.25. The van der Waals surface area contributed by atoms with Crippen molar-refractivity contribution in [2.75, 3.05) is 25.1 Å². The number of nitrogens with zero attached hydrogens (tertiary/aromatic N) is 2. The monoisotopic (exact) mass is 303 g/mol. The number of rotatable bonds is 3. The van der Waals surface area contributed by atoms with E-state index in [1.54, 1.807) is 0 Å². The van der Waals surface area contributed by atoms with Gasteiger partial charge in [0, 0.05) is 19.3 Å². The average molecular weight is 304 g/mol. The zero-order valence-electron chi connectivity index (χ0n) is 10.8. The second-order valence-corrected chi connectivity index (χ2v) is 7.45. The predicted octanol–water partition coefficient (Wildman–Crippen LogP) is 1.53. The maximum absolute atomic E-state index is 11.6. The zero-order chi connectivity index (χ0) is 14.0. The Morgan fingerprint density at radius 3 is 3.00 bits per heavy atom. The van der Waals surface area contributed by atoms with Gasteiger partial charge in [-0.1, -0.05) is 11.6 Å². The lowest BCUT2D eigenvalue weighted by Crippen LogP contribution is -2.39. The number of hydrogen-bond acceptors (Lipinski definition) is 4. The lowest BCUT2D eigenvalue weighted by atomic mass is 9.92. The van der Waals surface area contributed by atoms with Crippen LogP contribution in [0.4, 0.5) is 5.82 Å². The van der Waals surface area contributed by atoms with E-state index in [-0.39, 0.29) is 5.92 Å².